The second-order valence-corrected chi connectivity index (χ2v) is 6.64. The van der Waals surface area contributed by atoms with Gasteiger partial charge >= 0.3 is 5.76 Å². The van der Waals surface area contributed by atoms with Crippen molar-refractivity contribution < 1.29 is 14.3 Å². The SMILES string of the molecule is Cn1c(CO)nnc1C1CC(NC(=O)c2ccc3oc(=O)n(C)c3c2)C1. The van der Waals surface area contributed by atoms with Crippen LogP contribution >= 0.6 is 0 Å². The highest BCUT2D eigenvalue weighted by Gasteiger charge is 2.35. The van der Waals surface area contributed by atoms with E-state index in [0.717, 1.165) is 18.7 Å². The summed E-state index contributed by atoms with van der Waals surface area (Å²) in [6, 6.07) is 4.99. The number of nitrogens with one attached hydrogen (secondary N) is 1. The molecule has 3 aromatic rings. The third-order valence-electron chi connectivity index (χ3n) is 5.03. The van der Waals surface area contributed by atoms with Gasteiger partial charge in [0.05, 0.1) is 5.52 Å². The number of aliphatic hydroxyl groups is 1. The number of hydrogen-bond acceptors (Lipinski definition) is 6. The normalized spacial score (nSPS) is 19.5. The van der Waals surface area contributed by atoms with Gasteiger partial charge in [-0.1, -0.05) is 0 Å². The quantitative estimate of drug-likeness (QED) is 0.700. The van der Waals surface area contributed by atoms with Gasteiger partial charge < -0.3 is 19.4 Å². The van der Waals surface area contributed by atoms with E-state index >= 15 is 0 Å². The lowest BCUT2D eigenvalue weighted by atomic mass is 9.79. The maximum absolute atomic E-state index is 12.5. The highest BCUT2D eigenvalue weighted by molar-refractivity contribution is 5.97. The molecule has 2 aromatic heterocycles. The first-order valence-electron chi connectivity index (χ1n) is 8.37. The Hall–Kier alpha value is -2.94. The molecule has 0 spiro atoms. The summed E-state index contributed by atoms with van der Waals surface area (Å²) >= 11 is 0. The van der Waals surface area contributed by atoms with Crippen LogP contribution < -0.4 is 11.1 Å². The molecule has 1 amide bonds. The Balaban J connectivity index is 1.42. The van der Waals surface area contributed by atoms with Crippen molar-refractivity contribution in [1.29, 1.82) is 0 Å². The van der Waals surface area contributed by atoms with Gasteiger partial charge in [0.2, 0.25) is 0 Å². The predicted molar refractivity (Wildman–Crippen MR) is 91.6 cm³/mol. The number of carbonyl (C=O) groups excluding carboxylic acids is 1. The molecule has 0 unspecified atom stereocenters. The van der Waals surface area contributed by atoms with Crippen LogP contribution in [0.5, 0.6) is 0 Å². The van der Waals surface area contributed by atoms with Crippen LogP contribution in [-0.2, 0) is 20.7 Å². The van der Waals surface area contributed by atoms with E-state index in [1.807, 2.05) is 7.05 Å². The summed E-state index contributed by atoms with van der Waals surface area (Å²) in [7, 11) is 3.44. The molecule has 0 bridgehead atoms. The first kappa shape index (κ1) is 16.5. The summed E-state index contributed by atoms with van der Waals surface area (Å²) < 4.78 is 8.25. The largest absolute Gasteiger partial charge is 0.419 e. The number of aromatic nitrogens is 4. The number of carbonyl (C=O) groups is 1. The number of nitrogens with zero attached hydrogens (tertiary/aromatic N) is 4. The highest BCUT2D eigenvalue weighted by Crippen LogP contribution is 2.36. The molecule has 1 saturated carbocycles. The molecule has 26 heavy (non-hydrogen) atoms. The molecule has 0 aliphatic heterocycles. The van der Waals surface area contributed by atoms with Gasteiger partial charge in [-0.15, -0.1) is 10.2 Å². The molecule has 1 aliphatic rings. The van der Waals surface area contributed by atoms with Crippen molar-refractivity contribution in [3.63, 3.8) is 0 Å². The summed E-state index contributed by atoms with van der Waals surface area (Å²) in [5, 5.41) is 20.3. The van der Waals surface area contributed by atoms with Crippen LogP contribution in [-0.4, -0.2) is 36.4 Å². The van der Waals surface area contributed by atoms with E-state index < -0.39 is 5.76 Å². The van der Waals surface area contributed by atoms with Crippen molar-refractivity contribution in [3.05, 3.63) is 46.0 Å². The zero-order chi connectivity index (χ0) is 18.4. The Kier molecular flexibility index (Phi) is 3.87. The van der Waals surface area contributed by atoms with Crippen LogP contribution in [0.4, 0.5) is 0 Å². The summed E-state index contributed by atoms with van der Waals surface area (Å²) in [6.45, 7) is -0.143. The first-order valence-corrected chi connectivity index (χ1v) is 8.37. The van der Waals surface area contributed by atoms with Crippen LogP contribution in [0.2, 0.25) is 0 Å². The average Bonchev–Trinajstić information content (AvgIpc) is 3.10. The van der Waals surface area contributed by atoms with E-state index in [1.165, 1.54) is 4.57 Å². The minimum Gasteiger partial charge on any atom is -0.408 e. The van der Waals surface area contributed by atoms with Gasteiger partial charge in [0.15, 0.2) is 11.4 Å². The van der Waals surface area contributed by atoms with Crippen LogP contribution in [0.1, 0.15) is 40.8 Å². The van der Waals surface area contributed by atoms with E-state index in [2.05, 4.69) is 15.5 Å². The molecule has 2 N–H and O–H groups in total. The lowest BCUT2D eigenvalue weighted by molar-refractivity contribution is 0.0907. The number of oxazole rings is 1. The molecule has 1 fully saturated rings. The zero-order valence-electron chi connectivity index (χ0n) is 14.5. The van der Waals surface area contributed by atoms with Crippen molar-refractivity contribution in [1.82, 2.24) is 24.6 Å². The number of amides is 1. The fraction of sp³-hybridized carbons (Fsp3) is 0.412. The van der Waals surface area contributed by atoms with Gasteiger partial charge in [-0.3, -0.25) is 9.36 Å². The first-order chi connectivity index (χ1) is 12.5. The molecule has 136 valence electrons. The van der Waals surface area contributed by atoms with Crippen molar-refractivity contribution in [2.75, 3.05) is 0 Å². The fourth-order valence-electron chi connectivity index (χ4n) is 3.35. The maximum Gasteiger partial charge on any atom is 0.419 e. The van der Waals surface area contributed by atoms with E-state index in [-0.39, 0.29) is 24.5 Å². The monoisotopic (exact) mass is 357 g/mol. The maximum atomic E-state index is 12.5. The highest BCUT2D eigenvalue weighted by atomic mass is 16.4. The minimum atomic E-state index is -0.453. The minimum absolute atomic E-state index is 0.0608. The number of hydrogen-bond donors (Lipinski definition) is 2. The van der Waals surface area contributed by atoms with E-state index in [4.69, 9.17) is 4.42 Å². The van der Waals surface area contributed by atoms with Crippen molar-refractivity contribution in [2.24, 2.45) is 14.1 Å². The molecule has 0 atom stereocenters. The average molecular weight is 357 g/mol. The Morgan fingerprint density at radius 2 is 2.08 bits per heavy atom. The Bertz CT molecular complexity index is 1040. The molecule has 2 heterocycles. The second-order valence-electron chi connectivity index (χ2n) is 6.64. The van der Waals surface area contributed by atoms with Crippen LogP contribution in [0.15, 0.2) is 27.4 Å². The van der Waals surface area contributed by atoms with Gasteiger partial charge in [-0.05, 0) is 31.0 Å². The smallest absolute Gasteiger partial charge is 0.408 e. The molecule has 1 aromatic carbocycles. The Morgan fingerprint density at radius 3 is 2.77 bits per heavy atom. The molecule has 9 heteroatoms. The second kappa shape index (κ2) is 6.10. The molecule has 0 radical (unpaired) electrons. The van der Waals surface area contributed by atoms with Gasteiger partial charge in [-0.2, -0.15) is 0 Å². The number of benzene rings is 1. The van der Waals surface area contributed by atoms with Crippen molar-refractivity contribution >= 4 is 17.0 Å². The van der Waals surface area contributed by atoms with Crippen LogP contribution in [0.25, 0.3) is 11.1 Å². The van der Waals surface area contributed by atoms with E-state index in [0.29, 0.717) is 22.5 Å². The lowest BCUT2D eigenvalue weighted by Gasteiger charge is -2.35. The molecule has 1 aliphatic carbocycles. The van der Waals surface area contributed by atoms with Gasteiger partial charge in [0.1, 0.15) is 12.4 Å². The summed E-state index contributed by atoms with van der Waals surface area (Å²) in [6.07, 6.45) is 1.55. The number of fused-ring (bicyclic) bond motifs is 1. The zero-order valence-corrected chi connectivity index (χ0v) is 14.5. The molecule has 4 rings (SSSR count). The van der Waals surface area contributed by atoms with E-state index in [1.54, 1.807) is 29.8 Å². The van der Waals surface area contributed by atoms with Gasteiger partial charge in [-0.25, -0.2) is 4.79 Å². The Labute approximate surface area is 148 Å². The van der Waals surface area contributed by atoms with Crippen molar-refractivity contribution in [2.45, 2.75) is 31.4 Å². The fourth-order valence-corrected chi connectivity index (χ4v) is 3.35. The molecule has 9 nitrogen and oxygen atoms in total. The van der Waals surface area contributed by atoms with Crippen LogP contribution in [0.3, 0.4) is 0 Å². The lowest BCUT2D eigenvalue weighted by Crippen LogP contribution is -2.44. The van der Waals surface area contributed by atoms with Crippen molar-refractivity contribution in [3.8, 4) is 0 Å². The molecular formula is C17H19N5O4. The number of aliphatic hydroxyl groups excluding tert-OH is 1. The predicted octanol–water partition coefficient (Wildman–Crippen LogP) is 0.428. The van der Waals surface area contributed by atoms with E-state index in [9.17, 15) is 14.7 Å². The Morgan fingerprint density at radius 1 is 1.31 bits per heavy atom. The standard InChI is InChI=1S/C17H19N5O4/c1-21-12-7-9(3-4-13(12)26-17(21)25)16(24)18-11-5-10(6-11)15-20-19-14(8-23)22(15)2/h3-4,7,10-11,23H,5-6,8H2,1-2H3,(H,18,24). The summed E-state index contributed by atoms with van der Waals surface area (Å²) in [5.41, 5.74) is 1.53. The molecular weight excluding hydrogens is 338 g/mol. The van der Waals surface area contributed by atoms with Gasteiger partial charge in [0, 0.05) is 31.6 Å². The van der Waals surface area contributed by atoms with Crippen LogP contribution in [0, 0.1) is 0 Å². The summed E-state index contributed by atoms with van der Waals surface area (Å²) in [4.78, 5) is 24.0. The third kappa shape index (κ3) is 2.60. The molecule has 0 saturated heterocycles. The number of aryl methyl sites for hydroxylation is 1. The third-order valence-corrected chi connectivity index (χ3v) is 5.03. The summed E-state index contributed by atoms with van der Waals surface area (Å²) in [5.74, 6) is 0.944. The topological polar surface area (TPSA) is 115 Å². The number of rotatable bonds is 4. The van der Waals surface area contributed by atoms with Gasteiger partial charge in [0.25, 0.3) is 5.91 Å².